The first-order valence-electron chi connectivity index (χ1n) is 6.21. The van der Waals surface area contributed by atoms with E-state index in [0.29, 0.717) is 16.5 Å². The largest absolute Gasteiger partial charge is 0.426 e. The maximum absolute atomic E-state index is 12.2. The van der Waals surface area contributed by atoms with Crippen molar-refractivity contribution >= 4 is 106 Å². The van der Waals surface area contributed by atoms with Crippen LogP contribution < -0.4 is 4.74 Å². The Balaban J connectivity index is 2.48. The zero-order valence-electron chi connectivity index (χ0n) is 11.6. The molecule has 2 rings (SSSR count). The van der Waals surface area contributed by atoms with E-state index in [1.807, 2.05) is 67.8 Å². The maximum Gasteiger partial charge on any atom is 0.315 e. The average molecular weight is 796 g/mol. The number of para-hydroxylation sites is 1. The van der Waals surface area contributed by atoms with Crippen LogP contribution in [-0.2, 0) is 21.3 Å². The normalized spacial score (nSPS) is 11.4. The van der Waals surface area contributed by atoms with Crippen molar-refractivity contribution in [2.24, 2.45) is 0 Å². The number of carbonyl (C=O) groups excluding carboxylic acids is 1. The summed E-state index contributed by atoms with van der Waals surface area (Å²) in [5.74, 6) is -0.224. The van der Waals surface area contributed by atoms with Crippen LogP contribution in [0.3, 0.4) is 0 Å². The number of benzene rings is 2. The van der Waals surface area contributed by atoms with Crippen LogP contribution in [0.4, 0.5) is 0 Å². The lowest BCUT2D eigenvalue weighted by molar-refractivity contribution is -0.133. The third-order valence-corrected chi connectivity index (χ3v) is 11.7. The first-order chi connectivity index (χ1) is 11.1. The van der Waals surface area contributed by atoms with Crippen molar-refractivity contribution < 1.29 is 22.5 Å². The summed E-state index contributed by atoms with van der Waals surface area (Å²) < 4.78 is 41.0. The van der Waals surface area contributed by atoms with Gasteiger partial charge in [-0.3, -0.25) is 9.35 Å². The lowest BCUT2D eigenvalue weighted by Crippen LogP contribution is -2.18. The molecule has 0 amide bonds. The molecule has 0 radical (unpaired) electrons. The van der Waals surface area contributed by atoms with E-state index in [0.717, 1.165) is 3.57 Å². The molecule has 5 nitrogen and oxygen atoms in total. The second-order valence-corrected chi connectivity index (χ2v) is 10.2. The molecule has 0 atom stereocenters. The topological polar surface area (TPSA) is 80.7 Å². The van der Waals surface area contributed by atoms with Gasteiger partial charge in [-0.25, -0.2) is 0 Å². The second kappa shape index (κ2) is 8.62. The van der Waals surface area contributed by atoms with Gasteiger partial charge in [-0.05, 0) is 108 Å². The van der Waals surface area contributed by atoms with E-state index in [1.165, 1.54) is 0 Å². The molecule has 0 saturated carbocycles. The highest BCUT2D eigenvalue weighted by atomic mass is 127. The number of hydrogen-bond donors (Lipinski definition) is 1. The molecule has 0 unspecified atom stereocenters. The number of ether oxygens (including phenoxy) is 1. The summed E-state index contributed by atoms with van der Waals surface area (Å²) in [5.41, 5.74) is 0.244. The van der Waals surface area contributed by atoms with Gasteiger partial charge < -0.3 is 4.74 Å². The number of hydrogen-bond acceptors (Lipinski definition) is 4. The van der Waals surface area contributed by atoms with Gasteiger partial charge in [-0.2, -0.15) is 8.42 Å². The fourth-order valence-corrected chi connectivity index (χ4v) is 7.39. The standard InChI is InChI=1S/C14H8I4O5S/c15-10-8(6-9(19)23-7-4-2-1-3-5-7)14(24(20,21)22)13(18)12(17)11(10)16/h1-5H,6H2,(H,20,21,22). The molecule has 0 aliphatic heterocycles. The predicted molar refractivity (Wildman–Crippen MR) is 123 cm³/mol. The van der Waals surface area contributed by atoms with E-state index < -0.39 is 16.1 Å². The van der Waals surface area contributed by atoms with Crippen LogP contribution in [0.1, 0.15) is 5.56 Å². The molecular weight excluding hydrogens is 788 g/mol. The molecule has 0 aliphatic carbocycles. The van der Waals surface area contributed by atoms with Crippen molar-refractivity contribution in [3.8, 4) is 5.75 Å². The number of carbonyl (C=O) groups is 1. The Morgan fingerprint density at radius 3 is 2.04 bits per heavy atom. The van der Waals surface area contributed by atoms with E-state index in [-0.39, 0.29) is 16.9 Å². The van der Waals surface area contributed by atoms with Crippen LogP contribution in [-0.4, -0.2) is 18.9 Å². The molecule has 128 valence electrons. The fourth-order valence-electron chi connectivity index (χ4n) is 1.88. The summed E-state index contributed by atoms with van der Waals surface area (Å²) in [6, 6.07) is 8.52. The minimum atomic E-state index is -4.47. The van der Waals surface area contributed by atoms with Gasteiger partial charge in [0.05, 0.1) is 6.42 Å². The Kier molecular flexibility index (Phi) is 7.56. The monoisotopic (exact) mass is 796 g/mol. The lowest BCUT2D eigenvalue weighted by Gasteiger charge is -2.15. The summed E-state index contributed by atoms with van der Waals surface area (Å²) in [5, 5.41) is 0. The lowest BCUT2D eigenvalue weighted by atomic mass is 10.1. The van der Waals surface area contributed by atoms with Crippen molar-refractivity contribution in [2.75, 3.05) is 0 Å². The number of esters is 1. The molecule has 0 spiro atoms. The van der Waals surface area contributed by atoms with Crippen LogP contribution in [0.15, 0.2) is 35.2 Å². The minimum absolute atomic E-state index is 0.234. The summed E-state index contributed by atoms with van der Waals surface area (Å²) in [6.45, 7) is 0. The van der Waals surface area contributed by atoms with E-state index in [4.69, 9.17) is 4.74 Å². The first-order valence-corrected chi connectivity index (χ1v) is 12.0. The minimum Gasteiger partial charge on any atom is -0.426 e. The highest BCUT2D eigenvalue weighted by Crippen LogP contribution is 2.35. The maximum atomic E-state index is 12.2. The van der Waals surface area contributed by atoms with E-state index >= 15 is 0 Å². The Morgan fingerprint density at radius 2 is 1.50 bits per heavy atom. The Morgan fingerprint density at radius 1 is 0.958 bits per heavy atom. The third-order valence-electron chi connectivity index (χ3n) is 2.87. The zero-order valence-corrected chi connectivity index (χ0v) is 21.0. The van der Waals surface area contributed by atoms with Crippen LogP contribution in [0.25, 0.3) is 0 Å². The van der Waals surface area contributed by atoms with Crippen LogP contribution in [0.2, 0.25) is 0 Å². The molecule has 10 heteroatoms. The molecular formula is C14H8I4O5S. The van der Waals surface area contributed by atoms with E-state index in [1.54, 1.807) is 30.3 Å². The number of halogens is 4. The molecule has 0 aliphatic rings. The molecule has 0 heterocycles. The van der Waals surface area contributed by atoms with Crippen LogP contribution >= 0.6 is 90.4 Å². The first kappa shape index (κ1) is 21.0. The molecule has 24 heavy (non-hydrogen) atoms. The molecule has 0 bridgehead atoms. The van der Waals surface area contributed by atoms with Gasteiger partial charge in [0, 0.05) is 14.3 Å². The molecule has 2 aromatic rings. The Bertz CT molecular complexity index is 897. The highest BCUT2D eigenvalue weighted by molar-refractivity contribution is 14.1. The second-order valence-electron chi connectivity index (χ2n) is 4.50. The Hall–Kier alpha value is 0.740. The average Bonchev–Trinajstić information content (AvgIpc) is 2.50. The van der Waals surface area contributed by atoms with Crippen molar-refractivity contribution in [1.82, 2.24) is 0 Å². The van der Waals surface area contributed by atoms with Gasteiger partial charge in [-0.1, -0.05) is 18.2 Å². The molecule has 2 aromatic carbocycles. The third kappa shape index (κ3) is 4.92. The summed E-state index contributed by atoms with van der Waals surface area (Å²) in [7, 11) is -4.47. The van der Waals surface area contributed by atoms with Gasteiger partial charge in [0.15, 0.2) is 0 Å². The molecule has 0 saturated heterocycles. The zero-order chi connectivity index (χ0) is 18.1. The Labute approximate surface area is 193 Å². The van der Waals surface area contributed by atoms with Gasteiger partial charge >= 0.3 is 5.97 Å². The summed E-state index contributed by atoms with van der Waals surface area (Å²) >= 11 is 7.94. The summed E-state index contributed by atoms with van der Waals surface area (Å²) in [4.78, 5) is 12.0. The van der Waals surface area contributed by atoms with Gasteiger partial charge in [0.2, 0.25) is 0 Å². The highest BCUT2D eigenvalue weighted by Gasteiger charge is 2.28. The molecule has 0 aromatic heterocycles. The van der Waals surface area contributed by atoms with Gasteiger partial charge in [0.1, 0.15) is 10.6 Å². The van der Waals surface area contributed by atoms with E-state index in [9.17, 15) is 17.8 Å². The quantitative estimate of drug-likeness (QED) is 0.123. The van der Waals surface area contributed by atoms with Gasteiger partial charge in [-0.15, -0.1) is 0 Å². The van der Waals surface area contributed by atoms with Crippen molar-refractivity contribution in [3.63, 3.8) is 0 Å². The van der Waals surface area contributed by atoms with E-state index in [2.05, 4.69) is 22.6 Å². The molecule has 1 N–H and O–H groups in total. The van der Waals surface area contributed by atoms with Crippen LogP contribution in [0.5, 0.6) is 5.75 Å². The smallest absolute Gasteiger partial charge is 0.315 e. The SMILES string of the molecule is O=C(Cc1c(I)c(I)c(I)c(I)c1S(=O)(=O)O)Oc1ccccc1. The van der Waals surface area contributed by atoms with Crippen molar-refractivity contribution in [1.29, 1.82) is 0 Å². The summed E-state index contributed by atoms with van der Waals surface area (Å²) in [6.07, 6.45) is -0.259. The predicted octanol–water partition coefficient (Wildman–Crippen LogP) is 4.50. The van der Waals surface area contributed by atoms with Crippen molar-refractivity contribution in [2.45, 2.75) is 11.3 Å². The fraction of sp³-hybridized carbons (Fsp3) is 0.0714. The van der Waals surface area contributed by atoms with Crippen LogP contribution in [0, 0.1) is 14.3 Å². The van der Waals surface area contributed by atoms with Crippen molar-refractivity contribution in [3.05, 3.63) is 50.2 Å². The number of rotatable bonds is 4. The molecule has 0 fully saturated rings. The van der Waals surface area contributed by atoms with Gasteiger partial charge in [0.25, 0.3) is 10.1 Å².